The second-order valence-electron chi connectivity index (χ2n) is 3.40. The number of rotatable bonds is 2. The molecule has 0 aliphatic heterocycles. The summed E-state index contributed by atoms with van der Waals surface area (Å²) >= 11 is 0. The smallest absolute Gasteiger partial charge is 0.133 e. The molecule has 0 fully saturated rings. The molecule has 0 aromatic rings. The molecule has 0 bridgehead atoms. The Labute approximate surface area is 74.4 Å². The highest BCUT2D eigenvalue weighted by molar-refractivity contribution is 5.95. The van der Waals surface area contributed by atoms with Gasteiger partial charge in [0.2, 0.25) is 0 Å². The van der Waals surface area contributed by atoms with E-state index >= 15 is 0 Å². The number of aliphatic imine (C=N–C) groups is 2. The van der Waals surface area contributed by atoms with Crippen molar-refractivity contribution in [1.29, 1.82) is 0 Å². The summed E-state index contributed by atoms with van der Waals surface area (Å²) in [5.74, 6) is 0.761. The van der Waals surface area contributed by atoms with Crippen LogP contribution in [0.4, 0.5) is 0 Å². The summed E-state index contributed by atoms with van der Waals surface area (Å²) in [7, 11) is 0. The Kier molecular flexibility index (Phi) is 4.19. The molecule has 0 aromatic carbocycles. The van der Waals surface area contributed by atoms with Crippen molar-refractivity contribution in [2.75, 3.05) is 0 Å². The van der Waals surface area contributed by atoms with Crippen LogP contribution in [0.5, 0.6) is 0 Å². The Morgan fingerprint density at radius 2 is 1.83 bits per heavy atom. The van der Waals surface area contributed by atoms with E-state index in [9.17, 15) is 0 Å². The first-order valence-corrected chi connectivity index (χ1v) is 3.86. The average Bonchev–Trinajstić information content (AvgIpc) is 1.95. The quantitative estimate of drug-likeness (QED) is 0.443. The van der Waals surface area contributed by atoms with Crippen LogP contribution in [0, 0.1) is 5.41 Å². The van der Waals surface area contributed by atoms with Crippen molar-refractivity contribution in [1.82, 2.24) is 0 Å². The van der Waals surface area contributed by atoms with E-state index in [1.807, 2.05) is 0 Å². The zero-order valence-corrected chi connectivity index (χ0v) is 8.04. The molecule has 0 aliphatic rings. The highest BCUT2D eigenvalue weighted by Gasteiger charge is 2.16. The molecule has 2 nitrogen and oxygen atoms in total. The molecule has 0 spiro atoms. The van der Waals surface area contributed by atoms with Gasteiger partial charge in [-0.2, -0.15) is 0 Å². The minimum Gasteiger partial charge on any atom is -0.241 e. The molecule has 0 unspecified atom stereocenters. The lowest BCUT2D eigenvalue weighted by Crippen LogP contribution is -2.17. The third kappa shape index (κ3) is 3.86. The Morgan fingerprint density at radius 3 is 2.17 bits per heavy atom. The van der Waals surface area contributed by atoms with Gasteiger partial charge in [0.25, 0.3) is 0 Å². The van der Waals surface area contributed by atoms with Crippen LogP contribution in [-0.2, 0) is 0 Å². The first-order chi connectivity index (χ1) is 5.52. The van der Waals surface area contributed by atoms with Crippen LogP contribution in [0.25, 0.3) is 0 Å². The third-order valence-electron chi connectivity index (χ3n) is 1.19. The molecule has 66 valence electrons. The van der Waals surface area contributed by atoms with E-state index in [1.165, 1.54) is 6.20 Å². The first-order valence-electron chi connectivity index (χ1n) is 3.86. The second kappa shape index (κ2) is 4.65. The van der Waals surface area contributed by atoms with Gasteiger partial charge in [0, 0.05) is 17.8 Å². The van der Waals surface area contributed by atoms with Crippen molar-refractivity contribution in [2.24, 2.45) is 15.4 Å². The van der Waals surface area contributed by atoms with Gasteiger partial charge in [-0.25, -0.2) is 9.98 Å². The summed E-state index contributed by atoms with van der Waals surface area (Å²) < 4.78 is 0. The summed E-state index contributed by atoms with van der Waals surface area (Å²) in [6.07, 6.45) is 4.76. The molecule has 0 saturated heterocycles. The SMILES string of the molecule is C=C/C=N\C(=N/C=C)C(C)(C)C. The van der Waals surface area contributed by atoms with Gasteiger partial charge in [0.15, 0.2) is 0 Å². The maximum absolute atomic E-state index is 4.14. The van der Waals surface area contributed by atoms with Crippen molar-refractivity contribution in [2.45, 2.75) is 20.8 Å². The standard InChI is InChI=1S/C10H16N2/c1-6-8-12-9(11-7-2)10(3,4)5/h6-8H,1-2H2,3-5H3/b11-9-,12-8-. The number of nitrogens with zero attached hydrogens (tertiary/aromatic N) is 2. The van der Waals surface area contributed by atoms with E-state index in [0.29, 0.717) is 0 Å². The first kappa shape index (κ1) is 10.8. The Bertz CT molecular complexity index is 216. The van der Waals surface area contributed by atoms with E-state index in [4.69, 9.17) is 0 Å². The molecular formula is C10H16N2. The van der Waals surface area contributed by atoms with Crippen LogP contribution in [0.3, 0.4) is 0 Å². The minimum atomic E-state index is -0.0479. The fraction of sp³-hybridized carbons (Fsp3) is 0.400. The lowest BCUT2D eigenvalue weighted by Gasteiger charge is -2.16. The van der Waals surface area contributed by atoms with Gasteiger partial charge in [-0.05, 0) is 0 Å². The fourth-order valence-electron chi connectivity index (χ4n) is 0.630. The second-order valence-corrected chi connectivity index (χ2v) is 3.40. The van der Waals surface area contributed by atoms with Crippen molar-refractivity contribution in [3.05, 3.63) is 25.4 Å². The van der Waals surface area contributed by atoms with Crippen molar-refractivity contribution >= 4 is 12.1 Å². The fourth-order valence-corrected chi connectivity index (χ4v) is 0.630. The zero-order valence-electron chi connectivity index (χ0n) is 8.04. The number of allylic oxidation sites excluding steroid dienone is 1. The molecule has 0 aromatic heterocycles. The number of amidine groups is 1. The highest BCUT2D eigenvalue weighted by atomic mass is 14.9. The molecule has 12 heavy (non-hydrogen) atoms. The Hall–Kier alpha value is -1.18. The summed E-state index contributed by atoms with van der Waals surface area (Å²) in [5, 5.41) is 0. The maximum atomic E-state index is 4.14. The highest BCUT2D eigenvalue weighted by Crippen LogP contribution is 2.16. The van der Waals surface area contributed by atoms with Gasteiger partial charge in [-0.15, -0.1) is 0 Å². The molecule has 0 amide bonds. The molecule has 0 N–H and O–H groups in total. The van der Waals surface area contributed by atoms with Crippen LogP contribution >= 0.6 is 0 Å². The van der Waals surface area contributed by atoms with E-state index in [2.05, 4.69) is 43.9 Å². The van der Waals surface area contributed by atoms with E-state index in [-0.39, 0.29) is 5.41 Å². The largest absolute Gasteiger partial charge is 0.241 e. The molecule has 0 radical (unpaired) electrons. The van der Waals surface area contributed by atoms with Gasteiger partial charge in [-0.1, -0.05) is 40.0 Å². The Balaban J connectivity index is 4.68. The monoisotopic (exact) mass is 164 g/mol. The molecule has 0 rings (SSSR count). The van der Waals surface area contributed by atoms with Gasteiger partial charge in [0.05, 0.1) is 0 Å². The van der Waals surface area contributed by atoms with Crippen LogP contribution in [-0.4, -0.2) is 12.1 Å². The maximum Gasteiger partial charge on any atom is 0.133 e. The van der Waals surface area contributed by atoms with E-state index in [1.54, 1.807) is 12.3 Å². The molecule has 2 heteroatoms. The summed E-state index contributed by atoms with van der Waals surface area (Å²) in [6, 6.07) is 0. The van der Waals surface area contributed by atoms with Crippen molar-refractivity contribution in [3.63, 3.8) is 0 Å². The van der Waals surface area contributed by atoms with Gasteiger partial charge < -0.3 is 0 Å². The van der Waals surface area contributed by atoms with Crippen molar-refractivity contribution < 1.29 is 0 Å². The van der Waals surface area contributed by atoms with Crippen LogP contribution in [0.2, 0.25) is 0 Å². The lowest BCUT2D eigenvalue weighted by molar-refractivity contribution is 0.585. The van der Waals surface area contributed by atoms with Gasteiger partial charge in [-0.3, -0.25) is 0 Å². The molecule has 0 heterocycles. The van der Waals surface area contributed by atoms with E-state index in [0.717, 1.165) is 5.84 Å². The predicted octanol–water partition coefficient (Wildman–Crippen LogP) is 2.83. The Morgan fingerprint density at radius 1 is 1.25 bits per heavy atom. The third-order valence-corrected chi connectivity index (χ3v) is 1.19. The summed E-state index contributed by atoms with van der Waals surface area (Å²) in [5.41, 5.74) is -0.0479. The zero-order chi connectivity index (χ0) is 9.61. The van der Waals surface area contributed by atoms with E-state index < -0.39 is 0 Å². The molecule has 0 atom stereocenters. The number of hydrogen-bond acceptors (Lipinski definition) is 1. The van der Waals surface area contributed by atoms with Crippen molar-refractivity contribution in [3.8, 4) is 0 Å². The molecule has 0 aliphatic carbocycles. The minimum absolute atomic E-state index is 0.0479. The summed E-state index contributed by atoms with van der Waals surface area (Å²) in [6.45, 7) is 13.2. The van der Waals surface area contributed by atoms with Gasteiger partial charge in [0.1, 0.15) is 5.84 Å². The van der Waals surface area contributed by atoms with Crippen LogP contribution in [0.15, 0.2) is 35.4 Å². The molecule has 0 saturated carbocycles. The number of hydrogen-bond donors (Lipinski definition) is 0. The average molecular weight is 164 g/mol. The normalized spacial score (nSPS) is 13.4. The topological polar surface area (TPSA) is 24.7 Å². The van der Waals surface area contributed by atoms with Crippen LogP contribution in [0.1, 0.15) is 20.8 Å². The summed E-state index contributed by atoms with van der Waals surface area (Å²) in [4.78, 5) is 8.21. The lowest BCUT2D eigenvalue weighted by atomic mass is 9.95. The predicted molar refractivity (Wildman–Crippen MR) is 55.8 cm³/mol. The van der Waals surface area contributed by atoms with Gasteiger partial charge >= 0.3 is 0 Å². The van der Waals surface area contributed by atoms with Crippen LogP contribution < -0.4 is 0 Å². The molecular weight excluding hydrogens is 148 g/mol.